The summed E-state index contributed by atoms with van der Waals surface area (Å²) in [6.07, 6.45) is 5.17. The number of hydrogen-bond acceptors (Lipinski definition) is 3. The Labute approximate surface area is 74.4 Å². The van der Waals surface area contributed by atoms with Gasteiger partial charge in [0.15, 0.2) is 0 Å². The molecule has 0 unspecified atom stereocenters. The number of hydrogen-bond donors (Lipinski definition) is 0. The number of aromatic nitrogens is 3. The standard InChI is InChI=1S/C8H6ClN3/c9-3-8-11-4-6-1-2-10-5-7(6)12-8/h1-2,4-5H,3H2. The third kappa shape index (κ3) is 1.23. The highest BCUT2D eigenvalue weighted by molar-refractivity contribution is 6.16. The fourth-order valence-electron chi connectivity index (χ4n) is 0.976. The molecule has 0 aromatic carbocycles. The Kier molecular flexibility index (Phi) is 1.87. The summed E-state index contributed by atoms with van der Waals surface area (Å²) in [6.45, 7) is 0. The first-order valence-corrected chi connectivity index (χ1v) is 4.05. The number of alkyl halides is 1. The summed E-state index contributed by atoms with van der Waals surface area (Å²) in [5.74, 6) is 0.974. The Hall–Kier alpha value is -1.22. The molecule has 0 radical (unpaired) electrons. The first-order chi connectivity index (χ1) is 5.90. The highest BCUT2D eigenvalue weighted by Gasteiger charge is 1.96. The predicted octanol–water partition coefficient (Wildman–Crippen LogP) is 1.76. The van der Waals surface area contributed by atoms with Crippen LogP contribution < -0.4 is 0 Å². The summed E-state index contributed by atoms with van der Waals surface area (Å²) in [6, 6.07) is 1.87. The van der Waals surface area contributed by atoms with Crippen molar-refractivity contribution in [1.29, 1.82) is 0 Å². The lowest BCUT2D eigenvalue weighted by molar-refractivity contribution is 1.06. The maximum atomic E-state index is 5.58. The van der Waals surface area contributed by atoms with E-state index in [4.69, 9.17) is 11.6 Å². The van der Waals surface area contributed by atoms with Gasteiger partial charge < -0.3 is 0 Å². The zero-order chi connectivity index (χ0) is 8.39. The van der Waals surface area contributed by atoms with Crippen molar-refractivity contribution in [1.82, 2.24) is 15.0 Å². The Morgan fingerprint density at radius 3 is 3.08 bits per heavy atom. The van der Waals surface area contributed by atoms with Crippen LogP contribution in [0.4, 0.5) is 0 Å². The third-order valence-electron chi connectivity index (χ3n) is 1.55. The minimum Gasteiger partial charge on any atom is -0.262 e. The van der Waals surface area contributed by atoms with Crippen molar-refractivity contribution in [2.24, 2.45) is 0 Å². The summed E-state index contributed by atoms with van der Waals surface area (Å²) in [5, 5.41) is 0.985. The lowest BCUT2D eigenvalue weighted by atomic mass is 10.3. The Balaban J connectivity index is 2.67. The molecule has 60 valence electrons. The van der Waals surface area contributed by atoms with Gasteiger partial charge in [0.1, 0.15) is 5.82 Å². The normalized spacial score (nSPS) is 10.4. The monoisotopic (exact) mass is 179 g/mol. The minimum absolute atomic E-state index is 0.338. The minimum atomic E-state index is 0.338. The molecule has 0 aliphatic carbocycles. The van der Waals surface area contributed by atoms with E-state index in [1.165, 1.54) is 0 Å². The van der Waals surface area contributed by atoms with Crippen LogP contribution in [0.5, 0.6) is 0 Å². The van der Waals surface area contributed by atoms with Gasteiger partial charge in [0.25, 0.3) is 0 Å². The van der Waals surface area contributed by atoms with E-state index in [0.717, 1.165) is 10.9 Å². The topological polar surface area (TPSA) is 38.7 Å². The molecule has 2 rings (SSSR count). The van der Waals surface area contributed by atoms with Gasteiger partial charge in [0.05, 0.1) is 17.6 Å². The van der Waals surface area contributed by atoms with E-state index in [1.54, 1.807) is 18.6 Å². The van der Waals surface area contributed by atoms with Crippen molar-refractivity contribution in [2.45, 2.75) is 5.88 Å². The van der Waals surface area contributed by atoms with E-state index in [-0.39, 0.29) is 0 Å². The van der Waals surface area contributed by atoms with E-state index in [2.05, 4.69) is 15.0 Å². The largest absolute Gasteiger partial charge is 0.262 e. The second-order valence-electron chi connectivity index (χ2n) is 2.35. The smallest absolute Gasteiger partial charge is 0.143 e. The molecule has 2 heterocycles. The van der Waals surface area contributed by atoms with Gasteiger partial charge in [-0.05, 0) is 6.07 Å². The molecule has 2 aromatic heterocycles. The summed E-state index contributed by atoms with van der Waals surface area (Å²) < 4.78 is 0. The van der Waals surface area contributed by atoms with Crippen LogP contribution in [-0.2, 0) is 5.88 Å². The number of halogens is 1. The number of rotatable bonds is 1. The summed E-state index contributed by atoms with van der Waals surface area (Å²) in [4.78, 5) is 12.2. The average Bonchev–Trinajstić information content (AvgIpc) is 2.17. The number of fused-ring (bicyclic) bond motifs is 1. The van der Waals surface area contributed by atoms with Crippen LogP contribution in [0.2, 0.25) is 0 Å². The molecule has 0 atom stereocenters. The van der Waals surface area contributed by atoms with E-state index in [9.17, 15) is 0 Å². The Morgan fingerprint density at radius 1 is 1.33 bits per heavy atom. The quantitative estimate of drug-likeness (QED) is 0.627. The molecule has 0 fully saturated rings. The summed E-state index contributed by atoms with van der Waals surface area (Å²) >= 11 is 5.58. The number of nitrogens with zero attached hydrogens (tertiary/aromatic N) is 3. The van der Waals surface area contributed by atoms with Crippen molar-refractivity contribution in [3.05, 3.63) is 30.5 Å². The van der Waals surface area contributed by atoms with Gasteiger partial charge >= 0.3 is 0 Å². The summed E-state index contributed by atoms with van der Waals surface area (Å²) in [5.41, 5.74) is 0.836. The van der Waals surface area contributed by atoms with E-state index in [0.29, 0.717) is 11.7 Å². The molecule has 12 heavy (non-hydrogen) atoms. The molecule has 0 aliphatic rings. The van der Waals surface area contributed by atoms with E-state index >= 15 is 0 Å². The molecule has 0 spiro atoms. The first-order valence-electron chi connectivity index (χ1n) is 3.52. The molecule has 0 N–H and O–H groups in total. The lowest BCUT2D eigenvalue weighted by Gasteiger charge is -1.96. The van der Waals surface area contributed by atoms with Gasteiger partial charge in [-0.3, -0.25) is 4.98 Å². The molecule has 0 saturated heterocycles. The fraction of sp³-hybridized carbons (Fsp3) is 0.125. The van der Waals surface area contributed by atoms with Gasteiger partial charge in [-0.15, -0.1) is 11.6 Å². The van der Waals surface area contributed by atoms with Crippen LogP contribution in [0.3, 0.4) is 0 Å². The molecule has 0 amide bonds. The second kappa shape index (κ2) is 3.03. The highest BCUT2D eigenvalue weighted by Crippen LogP contribution is 2.08. The molecule has 0 aliphatic heterocycles. The van der Waals surface area contributed by atoms with Crippen LogP contribution in [0.15, 0.2) is 24.7 Å². The average molecular weight is 180 g/mol. The van der Waals surface area contributed by atoms with Crippen molar-refractivity contribution >= 4 is 22.5 Å². The molecule has 2 aromatic rings. The fourth-order valence-corrected chi connectivity index (χ4v) is 1.10. The SMILES string of the molecule is ClCc1ncc2ccncc2n1. The zero-order valence-electron chi connectivity index (χ0n) is 6.24. The van der Waals surface area contributed by atoms with Gasteiger partial charge in [-0.1, -0.05) is 0 Å². The zero-order valence-corrected chi connectivity index (χ0v) is 6.99. The molecule has 4 heteroatoms. The molecule has 3 nitrogen and oxygen atoms in total. The molecular weight excluding hydrogens is 174 g/mol. The van der Waals surface area contributed by atoms with Crippen molar-refractivity contribution in [2.75, 3.05) is 0 Å². The molecule has 0 saturated carbocycles. The lowest BCUT2D eigenvalue weighted by Crippen LogP contribution is -1.91. The van der Waals surface area contributed by atoms with Gasteiger partial charge in [-0.2, -0.15) is 0 Å². The maximum Gasteiger partial charge on any atom is 0.143 e. The third-order valence-corrected chi connectivity index (χ3v) is 1.79. The summed E-state index contributed by atoms with van der Waals surface area (Å²) in [7, 11) is 0. The van der Waals surface area contributed by atoms with Gasteiger partial charge in [-0.25, -0.2) is 9.97 Å². The Morgan fingerprint density at radius 2 is 2.25 bits per heavy atom. The van der Waals surface area contributed by atoms with Crippen molar-refractivity contribution in [3.8, 4) is 0 Å². The molecular formula is C8H6ClN3. The second-order valence-corrected chi connectivity index (χ2v) is 2.62. The highest BCUT2D eigenvalue weighted by atomic mass is 35.5. The van der Waals surface area contributed by atoms with Crippen molar-refractivity contribution < 1.29 is 0 Å². The van der Waals surface area contributed by atoms with Crippen LogP contribution in [0.25, 0.3) is 10.9 Å². The van der Waals surface area contributed by atoms with Gasteiger partial charge in [0.2, 0.25) is 0 Å². The van der Waals surface area contributed by atoms with Gasteiger partial charge in [0, 0.05) is 17.8 Å². The van der Waals surface area contributed by atoms with E-state index in [1.807, 2.05) is 6.07 Å². The molecule has 0 bridgehead atoms. The van der Waals surface area contributed by atoms with Crippen LogP contribution in [0, 0.1) is 0 Å². The van der Waals surface area contributed by atoms with Crippen LogP contribution >= 0.6 is 11.6 Å². The number of pyridine rings is 1. The predicted molar refractivity (Wildman–Crippen MR) is 46.9 cm³/mol. The maximum absolute atomic E-state index is 5.58. The first kappa shape index (κ1) is 7.43. The van der Waals surface area contributed by atoms with Crippen molar-refractivity contribution in [3.63, 3.8) is 0 Å². The van der Waals surface area contributed by atoms with E-state index < -0.39 is 0 Å². The Bertz CT molecular complexity index is 402. The van der Waals surface area contributed by atoms with Crippen LogP contribution in [-0.4, -0.2) is 15.0 Å². The van der Waals surface area contributed by atoms with Crippen LogP contribution in [0.1, 0.15) is 5.82 Å².